The van der Waals surface area contributed by atoms with Crippen molar-refractivity contribution in [3.8, 4) is 5.75 Å². The smallest absolute Gasteiger partial charge is 0.260 e. The van der Waals surface area contributed by atoms with Crippen molar-refractivity contribution in [2.45, 2.75) is 33.7 Å². The van der Waals surface area contributed by atoms with Gasteiger partial charge in [-0.15, -0.1) is 0 Å². The Kier molecular flexibility index (Phi) is 6.21. The Bertz CT molecular complexity index is 492. The van der Waals surface area contributed by atoms with Crippen molar-refractivity contribution in [1.29, 1.82) is 0 Å². The molecule has 0 atom stereocenters. The van der Waals surface area contributed by atoms with Crippen molar-refractivity contribution in [1.82, 2.24) is 10.2 Å². The number of ether oxygens (including phenoxy) is 1. The largest absolute Gasteiger partial charge is 0.483 e. The number of amides is 2. The molecule has 0 bridgehead atoms. The molecule has 0 saturated heterocycles. The van der Waals surface area contributed by atoms with Gasteiger partial charge in [0.1, 0.15) is 5.75 Å². The lowest BCUT2D eigenvalue weighted by atomic mass is 10.1. The number of para-hydroxylation sites is 1. The third-order valence-corrected chi connectivity index (χ3v) is 3.00. The lowest BCUT2D eigenvalue weighted by molar-refractivity contribution is -0.136. The molecular weight excluding hydrogens is 268 g/mol. The van der Waals surface area contributed by atoms with E-state index in [1.54, 1.807) is 7.05 Å². The van der Waals surface area contributed by atoms with Gasteiger partial charge in [0.15, 0.2) is 6.61 Å². The summed E-state index contributed by atoms with van der Waals surface area (Å²) in [6.45, 7) is 7.59. The Morgan fingerprint density at radius 2 is 1.81 bits per heavy atom. The average Bonchev–Trinajstić information content (AvgIpc) is 2.36. The van der Waals surface area contributed by atoms with Crippen LogP contribution in [0.15, 0.2) is 18.2 Å². The maximum Gasteiger partial charge on any atom is 0.260 e. The summed E-state index contributed by atoms with van der Waals surface area (Å²) < 4.78 is 5.59. The van der Waals surface area contributed by atoms with Crippen LogP contribution in [0.2, 0.25) is 0 Å². The van der Waals surface area contributed by atoms with Crippen LogP contribution in [0.3, 0.4) is 0 Å². The van der Waals surface area contributed by atoms with Crippen molar-refractivity contribution in [3.05, 3.63) is 29.3 Å². The summed E-state index contributed by atoms with van der Waals surface area (Å²) in [5, 5.41) is 2.75. The lowest BCUT2D eigenvalue weighted by Crippen LogP contribution is -2.42. The fraction of sp³-hybridized carbons (Fsp3) is 0.500. The van der Waals surface area contributed by atoms with E-state index in [1.165, 1.54) is 4.90 Å². The van der Waals surface area contributed by atoms with Crippen LogP contribution < -0.4 is 10.1 Å². The van der Waals surface area contributed by atoms with Crippen LogP contribution >= 0.6 is 0 Å². The van der Waals surface area contributed by atoms with E-state index in [0.717, 1.165) is 16.9 Å². The molecule has 0 aromatic heterocycles. The summed E-state index contributed by atoms with van der Waals surface area (Å²) >= 11 is 0. The van der Waals surface area contributed by atoms with Gasteiger partial charge in [0.05, 0.1) is 6.54 Å². The van der Waals surface area contributed by atoms with Crippen LogP contribution in [0.25, 0.3) is 0 Å². The molecule has 5 heteroatoms. The molecule has 5 nitrogen and oxygen atoms in total. The molecule has 0 aliphatic heterocycles. The highest BCUT2D eigenvalue weighted by Crippen LogP contribution is 2.22. The first kappa shape index (κ1) is 17.0. The molecule has 0 fully saturated rings. The number of carbonyl (C=O) groups is 2. The standard InChI is InChI=1S/C16H24N2O3/c1-11(2)17-14(19)9-18(5)15(20)10-21-16-12(3)7-6-8-13(16)4/h6-8,11H,9-10H2,1-5H3,(H,17,19). The topological polar surface area (TPSA) is 58.6 Å². The predicted molar refractivity (Wildman–Crippen MR) is 82.3 cm³/mol. The first-order valence-electron chi connectivity index (χ1n) is 7.03. The van der Waals surface area contributed by atoms with Gasteiger partial charge in [0.2, 0.25) is 5.91 Å². The molecule has 1 aromatic carbocycles. The molecule has 2 amide bonds. The quantitative estimate of drug-likeness (QED) is 0.867. The highest BCUT2D eigenvalue weighted by Gasteiger charge is 2.15. The number of hydrogen-bond donors (Lipinski definition) is 1. The second-order valence-corrected chi connectivity index (χ2v) is 5.48. The molecule has 0 aliphatic rings. The fourth-order valence-corrected chi connectivity index (χ4v) is 1.94. The van der Waals surface area contributed by atoms with Crippen LogP contribution in [0, 0.1) is 13.8 Å². The SMILES string of the molecule is Cc1cccc(C)c1OCC(=O)N(C)CC(=O)NC(C)C. The summed E-state index contributed by atoms with van der Waals surface area (Å²) in [6, 6.07) is 5.88. The number of rotatable bonds is 6. The number of hydrogen-bond acceptors (Lipinski definition) is 3. The van der Waals surface area contributed by atoms with Gasteiger partial charge in [-0.2, -0.15) is 0 Å². The number of nitrogens with one attached hydrogen (secondary N) is 1. The molecule has 1 N–H and O–H groups in total. The zero-order valence-electron chi connectivity index (χ0n) is 13.4. The van der Waals surface area contributed by atoms with E-state index in [9.17, 15) is 9.59 Å². The van der Waals surface area contributed by atoms with Crippen molar-refractivity contribution < 1.29 is 14.3 Å². The molecule has 0 unspecified atom stereocenters. The molecule has 0 heterocycles. The van der Waals surface area contributed by atoms with Gasteiger partial charge in [0.25, 0.3) is 5.91 Å². The van der Waals surface area contributed by atoms with E-state index in [2.05, 4.69) is 5.32 Å². The van der Waals surface area contributed by atoms with Crippen molar-refractivity contribution in [2.75, 3.05) is 20.2 Å². The Morgan fingerprint density at radius 3 is 2.33 bits per heavy atom. The molecule has 0 saturated carbocycles. The van der Waals surface area contributed by atoms with Crippen LogP contribution in [-0.2, 0) is 9.59 Å². The van der Waals surface area contributed by atoms with Gasteiger partial charge in [-0.3, -0.25) is 9.59 Å². The summed E-state index contributed by atoms with van der Waals surface area (Å²) in [5.41, 5.74) is 1.98. The van der Waals surface area contributed by atoms with Crippen molar-refractivity contribution >= 4 is 11.8 Å². The Labute approximate surface area is 126 Å². The maximum absolute atomic E-state index is 12.0. The van der Waals surface area contributed by atoms with Gasteiger partial charge >= 0.3 is 0 Å². The highest BCUT2D eigenvalue weighted by molar-refractivity contribution is 5.85. The molecule has 0 spiro atoms. The van der Waals surface area contributed by atoms with E-state index < -0.39 is 0 Å². The van der Waals surface area contributed by atoms with Gasteiger partial charge in [-0.25, -0.2) is 0 Å². The minimum atomic E-state index is -0.225. The van der Waals surface area contributed by atoms with Gasteiger partial charge in [-0.05, 0) is 38.8 Å². The minimum Gasteiger partial charge on any atom is -0.483 e. The lowest BCUT2D eigenvalue weighted by Gasteiger charge is -2.19. The molecule has 0 radical (unpaired) electrons. The number of benzene rings is 1. The average molecular weight is 292 g/mol. The van der Waals surface area contributed by atoms with Crippen LogP contribution in [0.4, 0.5) is 0 Å². The third-order valence-electron chi connectivity index (χ3n) is 3.00. The Balaban J connectivity index is 2.52. The minimum absolute atomic E-state index is 0.0348. The Hall–Kier alpha value is -2.04. The summed E-state index contributed by atoms with van der Waals surface area (Å²) in [4.78, 5) is 25.0. The van der Waals surface area contributed by atoms with Crippen LogP contribution in [-0.4, -0.2) is 43.0 Å². The zero-order chi connectivity index (χ0) is 16.0. The fourth-order valence-electron chi connectivity index (χ4n) is 1.94. The number of carbonyl (C=O) groups excluding carboxylic acids is 2. The van der Waals surface area contributed by atoms with E-state index in [-0.39, 0.29) is 31.0 Å². The van der Waals surface area contributed by atoms with E-state index >= 15 is 0 Å². The van der Waals surface area contributed by atoms with Crippen LogP contribution in [0.5, 0.6) is 5.75 Å². The summed E-state index contributed by atoms with van der Waals surface area (Å²) in [6.07, 6.45) is 0. The molecule has 1 rings (SSSR count). The molecule has 0 aliphatic carbocycles. The third kappa shape index (κ3) is 5.45. The van der Waals surface area contributed by atoms with Crippen LogP contribution in [0.1, 0.15) is 25.0 Å². The monoisotopic (exact) mass is 292 g/mol. The molecule has 1 aromatic rings. The zero-order valence-corrected chi connectivity index (χ0v) is 13.4. The van der Waals surface area contributed by atoms with E-state index in [1.807, 2.05) is 45.9 Å². The molecule has 116 valence electrons. The summed E-state index contributed by atoms with van der Waals surface area (Å²) in [7, 11) is 1.59. The van der Waals surface area contributed by atoms with Gasteiger partial charge < -0.3 is 15.0 Å². The van der Waals surface area contributed by atoms with Crippen molar-refractivity contribution in [2.24, 2.45) is 0 Å². The number of aryl methyl sites for hydroxylation is 2. The van der Waals surface area contributed by atoms with Crippen molar-refractivity contribution in [3.63, 3.8) is 0 Å². The number of nitrogens with zero attached hydrogens (tertiary/aromatic N) is 1. The van der Waals surface area contributed by atoms with E-state index in [0.29, 0.717) is 0 Å². The van der Waals surface area contributed by atoms with Gasteiger partial charge in [0, 0.05) is 13.1 Å². The highest BCUT2D eigenvalue weighted by atomic mass is 16.5. The first-order chi connectivity index (χ1) is 9.81. The second kappa shape index (κ2) is 7.67. The second-order valence-electron chi connectivity index (χ2n) is 5.48. The first-order valence-corrected chi connectivity index (χ1v) is 7.03. The normalized spacial score (nSPS) is 10.4. The maximum atomic E-state index is 12.0. The predicted octanol–water partition coefficient (Wildman–Crippen LogP) is 1.67. The molecule has 21 heavy (non-hydrogen) atoms. The summed E-state index contributed by atoms with van der Waals surface area (Å²) in [5.74, 6) is 0.329. The van der Waals surface area contributed by atoms with Gasteiger partial charge in [-0.1, -0.05) is 18.2 Å². The number of likely N-dealkylation sites (N-methyl/N-ethyl adjacent to an activating group) is 1. The Morgan fingerprint density at radius 1 is 1.24 bits per heavy atom. The molecular formula is C16H24N2O3. The van der Waals surface area contributed by atoms with E-state index in [4.69, 9.17) is 4.74 Å².